The van der Waals surface area contributed by atoms with Gasteiger partial charge in [0.25, 0.3) is 0 Å². The fourth-order valence-electron chi connectivity index (χ4n) is 5.29. The molecular weight excluding hydrogens is 642 g/mol. The first-order chi connectivity index (χ1) is 23.7. The van der Waals surface area contributed by atoms with Crippen LogP contribution in [-0.4, -0.2) is 87.6 Å². The number of carbonyl (C=O) groups is 5. The molecule has 7 atom stereocenters. The van der Waals surface area contributed by atoms with Gasteiger partial charge in [-0.05, 0) is 50.2 Å². The molecule has 0 saturated carbocycles. The van der Waals surface area contributed by atoms with Crippen LogP contribution in [0.2, 0.25) is 0 Å². The molecule has 0 bridgehead atoms. The predicted molar refractivity (Wildman–Crippen MR) is 189 cm³/mol. The fraction of sp³-hybridized carbons (Fsp3) is 0.541. The number of rotatable bonds is 20. The molecule has 0 aliphatic heterocycles. The second-order valence-electron chi connectivity index (χ2n) is 13.2. The Hall–Kier alpha value is -4.17. The minimum absolute atomic E-state index is 0.0334. The summed E-state index contributed by atoms with van der Waals surface area (Å²) in [5.41, 5.74) is 13.4. The van der Waals surface area contributed by atoms with Crippen molar-refractivity contribution in [1.82, 2.24) is 15.5 Å². The van der Waals surface area contributed by atoms with E-state index in [1.807, 2.05) is 36.4 Å². The lowest BCUT2D eigenvalue weighted by molar-refractivity contribution is -0.139. The van der Waals surface area contributed by atoms with Crippen molar-refractivity contribution < 1.29 is 38.9 Å². The van der Waals surface area contributed by atoms with E-state index in [4.69, 9.17) is 16.2 Å². The Morgan fingerprint density at radius 2 is 1.40 bits per heavy atom. The number of nitrogens with two attached hydrogens (primary N) is 2. The average molecular weight is 698 g/mol. The minimum Gasteiger partial charge on any atom is -0.444 e. The number of imide groups is 1. The van der Waals surface area contributed by atoms with Gasteiger partial charge in [-0.25, -0.2) is 9.69 Å². The standard InChI is InChI=1S/C37H55N5O8/c1-23(2)32(41-35(47)31(39)24(3)21-43)33(45)30(44)19-13-12-18-29(20-27-14-8-6-9-15-27)40-34(46)26(5)42(36(48)25(4)38)37(49)50-22-28-16-10-7-11-17-28/h6-11,14-17,23-26,29,31-33,43,45H,12-13,18-22,38-39H2,1-5H3,(H,40,46)(H,41,47)/t24?,25-,26-,29-,31?,32?,33?/m0/s1. The predicted octanol–water partition coefficient (Wildman–Crippen LogP) is 2.20. The maximum Gasteiger partial charge on any atom is 0.417 e. The van der Waals surface area contributed by atoms with E-state index in [2.05, 4.69) is 10.6 Å². The molecule has 0 aliphatic rings. The van der Waals surface area contributed by atoms with Gasteiger partial charge < -0.3 is 37.1 Å². The third-order valence-corrected chi connectivity index (χ3v) is 8.59. The summed E-state index contributed by atoms with van der Waals surface area (Å²) in [6.45, 7) is 7.64. The summed E-state index contributed by atoms with van der Waals surface area (Å²) in [5.74, 6) is -3.10. The summed E-state index contributed by atoms with van der Waals surface area (Å²) in [7, 11) is 0. The van der Waals surface area contributed by atoms with Crippen molar-refractivity contribution in [2.45, 2.75) is 110 Å². The first-order valence-corrected chi connectivity index (χ1v) is 17.2. The lowest BCUT2D eigenvalue weighted by atomic mass is 9.92. The van der Waals surface area contributed by atoms with E-state index < -0.39 is 71.8 Å². The van der Waals surface area contributed by atoms with Crippen LogP contribution in [0.5, 0.6) is 0 Å². The van der Waals surface area contributed by atoms with Gasteiger partial charge in [-0.2, -0.15) is 0 Å². The second kappa shape index (κ2) is 21.1. The van der Waals surface area contributed by atoms with Gasteiger partial charge in [0, 0.05) is 25.0 Å². The van der Waals surface area contributed by atoms with Crippen LogP contribution in [0.4, 0.5) is 4.79 Å². The van der Waals surface area contributed by atoms with Crippen molar-refractivity contribution in [3.63, 3.8) is 0 Å². The molecule has 8 N–H and O–H groups in total. The van der Waals surface area contributed by atoms with Gasteiger partial charge in [-0.3, -0.25) is 19.2 Å². The number of aliphatic hydroxyl groups excluding tert-OH is 2. The molecule has 0 fully saturated rings. The zero-order valence-electron chi connectivity index (χ0n) is 29.8. The van der Waals surface area contributed by atoms with Crippen LogP contribution in [0, 0.1) is 11.8 Å². The zero-order chi connectivity index (χ0) is 37.4. The van der Waals surface area contributed by atoms with Crippen molar-refractivity contribution in [2.75, 3.05) is 6.61 Å². The van der Waals surface area contributed by atoms with Crippen molar-refractivity contribution in [3.8, 4) is 0 Å². The number of nitrogens with one attached hydrogen (secondary N) is 2. The average Bonchev–Trinajstić information content (AvgIpc) is 3.10. The highest BCUT2D eigenvalue weighted by Crippen LogP contribution is 2.16. The van der Waals surface area contributed by atoms with E-state index in [0.717, 1.165) is 10.5 Å². The van der Waals surface area contributed by atoms with Crippen LogP contribution < -0.4 is 22.1 Å². The monoisotopic (exact) mass is 697 g/mol. The van der Waals surface area contributed by atoms with Gasteiger partial charge in [0.1, 0.15) is 18.8 Å². The minimum atomic E-state index is -1.45. The molecule has 2 rings (SSSR count). The molecule has 2 aromatic carbocycles. The molecule has 4 amide bonds. The van der Waals surface area contributed by atoms with Gasteiger partial charge in [-0.1, -0.05) is 87.9 Å². The molecule has 276 valence electrons. The summed E-state index contributed by atoms with van der Waals surface area (Å²) < 4.78 is 5.37. The van der Waals surface area contributed by atoms with E-state index in [-0.39, 0.29) is 25.6 Å². The van der Waals surface area contributed by atoms with E-state index in [0.29, 0.717) is 31.2 Å². The number of carbonyl (C=O) groups excluding carboxylic acids is 5. The first kappa shape index (κ1) is 42.0. The highest BCUT2D eigenvalue weighted by Gasteiger charge is 2.36. The Morgan fingerprint density at radius 3 is 1.94 bits per heavy atom. The molecule has 13 heteroatoms. The number of ether oxygens (including phenoxy) is 1. The van der Waals surface area contributed by atoms with Crippen LogP contribution in [0.3, 0.4) is 0 Å². The summed E-state index contributed by atoms with van der Waals surface area (Å²) in [6.07, 6.45) is -0.607. The zero-order valence-corrected chi connectivity index (χ0v) is 29.8. The number of hydrogen-bond donors (Lipinski definition) is 6. The number of aliphatic hydroxyl groups is 2. The first-order valence-electron chi connectivity index (χ1n) is 17.2. The number of benzene rings is 2. The van der Waals surface area contributed by atoms with Crippen LogP contribution in [0.1, 0.15) is 71.4 Å². The molecule has 4 unspecified atom stereocenters. The van der Waals surface area contributed by atoms with Crippen molar-refractivity contribution >= 4 is 29.6 Å². The number of Topliss-reactive ketones (excluding diaryl/α,β-unsaturated/α-hetero) is 1. The third-order valence-electron chi connectivity index (χ3n) is 8.59. The van der Waals surface area contributed by atoms with Crippen LogP contribution in [0.15, 0.2) is 60.7 Å². The Bertz CT molecular complexity index is 1370. The molecule has 13 nitrogen and oxygen atoms in total. The SMILES string of the molecule is CC(C)C(NC(=O)C(N)C(C)CO)C(O)C(=O)CCCC[C@@H](Cc1ccccc1)NC(=O)[C@H](C)N(C(=O)OCc1ccccc1)C(=O)[C@H](C)N. The quantitative estimate of drug-likeness (QED) is 0.111. The van der Waals surface area contributed by atoms with Gasteiger partial charge in [0.15, 0.2) is 5.78 Å². The van der Waals surface area contributed by atoms with Crippen molar-refractivity contribution in [2.24, 2.45) is 23.3 Å². The summed E-state index contributed by atoms with van der Waals surface area (Å²) in [5, 5.41) is 25.8. The molecule has 0 aromatic heterocycles. The summed E-state index contributed by atoms with van der Waals surface area (Å²) >= 11 is 0. The Morgan fingerprint density at radius 1 is 0.820 bits per heavy atom. The van der Waals surface area contributed by atoms with E-state index >= 15 is 0 Å². The number of unbranched alkanes of at least 4 members (excludes halogenated alkanes) is 1. The molecule has 0 aliphatic carbocycles. The topological polar surface area (TPSA) is 214 Å². The third kappa shape index (κ3) is 13.3. The molecule has 0 spiro atoms. The van der Waals surface area contributed by atoms with Crippen molar-refractivity contribution in [1.29, 1.82) is 0 Å². The number of hydrogen-bond acceptors (Lipinski definition) is 10. The summed E-state index contributed by atoms with van der Waals surface area (Å²) in [4.78, 5) is 66.0. The molecule has 0 heterocycles. The van der Waals surface area contributed by atoms with Gasteiger partial charge in [0.05, 0.1) is 18.1 Å². The van der Waals surface area contributed by atoms with Crippen LogP contribution in [-0.2, 0) is 36.9 Å². The normalized spacial score (nSPS) is 15.5. The largest absolute Gasteiger partial charge is 0.444 e. The van der Waals surface area contributed by atoms with E-state index in [9.17, 15) is 34.2 Å². The van der Waals surface area contributed by atoms with E-state index in [1.54, 1.807) is 45.0 Å². The Labute approximate surface area is 295 Å². The van der Waals surface area contributed by atoms with Gasteiger partial charge >= 0.3 is 6.09 Å². The smallest absolute Gasteiger partial charge is 0.417 e. The molecule has 0 saturated heterocycles. The Balaban J connectivity index is 2.08. The highest BCUT2D eigenvalue weighted by atomic mass is 16.6. The Kier molecular flexibility index (Phi) is 17.8. The molecule has 2 aromatic rings. The number of ketones is 1. The fourth-order valence-corrected chi connectivity index (χ4v) is 5.29. The van der Waals surface area contributed by atoms with Crippen LogP contribution in [0.25, 0.3) is 0 Å². The molecule has 0 radical (unpaired) electrons. The lowest BCUT2D eigenvalue weighted by Gasteiger charge is -2.29. The van der Waals surface area contributed by atoms with E-state index in [1.165, 1.54) is 13.8 Å². The highest BCUT2D eigenvalue weighted by molar-refractivity contribution is 5.99. The van der Waals surface area contributed by atoms with Crippen molar-refractivity contribution in [3.05, 3.63) is 71.8 Å². The molecule has 50 heavy (non-hydrogen) atoms. The maximum atomic E-state index is 13.6. The summed E-state index contributed by atoms with van der Waals surface area (Å²) in [6, 6.07) is 13.8. The molecular formula is C37H55N5O8. The maximum absolute atomic E-state index is 13.6. The number of amides is 4. The van der Waals surface area contributed by atoms with Crippen LogP contribution >= 0.6 is 0 Å². The number of nitrogens with zero attached hydrogens (tertiary/aromatic N) is 1. The van der Waals surface area contributed by atoms with Gasteiger partial charge in [0.2, 0.25) is 17.7 Å². The van der Waals surface area contributed by atoms with Gasteiger partial charge in [-0.15, -0.1) is 0 Å². The second-order valence-corrected chi connectivity index (χ2v) is 13.2. The lowest BCUT2D eigenvalue weighted by Crippen LogP contribution is -2.56.